The van der Waals surface area contributed by atoms with E-state index in [0.717, 1.165) is 12.3 Å². The van der Waals surface area contributed by atoms with Crippen LogP contribution in [0, 0.1) is 0 Å². The molecule has 4 nitrogen and oxygen atoms in total. The molecule has 1 aromatic rings. The van der Waals surface area contributed by atoms with E-state index in [1.165, 1.54) is 0 Å². The van der Waals surface area contributed by atoms with E-state index in [0.29, 0.717) is 16.4 Å². The fraction of sp³-hybridized carbons (Fsp3) is 0.462. The van der Waals surface area contributed by atoms with Crippen LogP contribution in [0.15, 0.2) is 18.2 Å². The van der Waals surface area contributed by atoms with E-state index in [1.807, 2.05) is 25.1 Å². The molecule has 0 saturated carbocycles. The van der Waals surface area contributed by atoms with Crippen molar-refractivity contribution in [3.05, 3.63) is 23.2 Å². The molecule has 1 atom stereocenters. The molecule has 0 heterocycles. The Hall–Kier alpha value is -0.910. The molecule has 0 spiro atoms. The molecule has 1 amide bonds. The lowest BCUT2D eigenvalue weighted by Crippen LogP contribution is -2.40. The minimum absolute atomic E-state index is 0.0856. The Labute approximate surface area is 123 Å². The number of benzene rings is 1. The van der Waals surface area contributed by atoms with Crippen molar-refractivity contribution in [3.8, 4) is 0 Å². The van der Waals surface area contributed by atoms with E-state index in [1.54, 1.807) is 30.0 Å². The summed E-state index contributed by atoms with van der Waals surface area (Å²) < 4.78 is 0. The standard InChI is InChI=1S/C13H20ClN3OS/c1-9(17(2)6-7-19-3)13(18)16-12-8-10(14)4-5-11(12)15/h4-5,8-9H,6-7,15H2,1-3H3,(H,16,18). The molecule has 0 saturated heterocycles. The molecular weight excluding hydrogens is 282 g/mol. The lowest BCUT2D eigenvalue weighted by atomic mass is 10.2. The van der Waals surface area contributed by atoms with Crippen LogP contribution in [0.1, 0.15) is 6.92 Å². The summed E-state index contributed by atoms with van der Waals surface area (Å²) in [7, 11) is 1.93. The monoisotopic (exact) mass is 301 g/mol. The van der Waals surface area contributed by atoms with E-state index in [-0.39, 0.29) is 11.9 Å². The number of carbonyl (C=O) groups is 1. The molecule has 19 heavy (non-hydrogen) atoms. The summed E-state index contributed by atoms with van der Waals surface area (Å²) in [6, 6.07) is 4.81. The van der Waals surface area contributed by atoms with Crippen LogP contribution in [0.2, 0.25) is 5.02 Å². The Morgan fingerprint density at radius 1 is 1.58 bits per heavy atom. The Balaban J connectivity index is 2.65. The largest absolute Gasteiger partial charge is 0.397 e. The lowest BCUT2D eigenvalue weighted by Gasteiger charge is -2.23. The average molecular weight is 302 g/mol. The summed E-state index contributed by atoms with van der Waals surface area (Å²) in [6.45, 7) is 2.73. The second-order valence-electron chi connectivity index (χ2n) is 4.37. The maximum Gasteiger partial charge on any atom is 0.241 e. The van der Waals surface area contributed by atoms with Crippen molar-refractivity contribution in [1.29, 1.82) is 0 Å². The molecule has 0 aromatic heterocycles. The number of thioether (sulfide) groups is 1. The van der Waals surface area contributed by atoms with Gasteiger partial charge in [-0.3, -0.25) is 9.69 Å². The number of likely N-dealkylation sites (N-methyl/N-ethyl adjacent to an activating group) is 1. The molecule has 1 aromatic carbocycles. The van der Waals surface area contributed by atoms with Gasteiger partial charge in [0.05, 0.1) is 17.4 Å². The third kappa shape index (κ3) is 4.93. The summed E-state index contributed by atoms with van der Waals surface area (Å²) in [5, 5.41) is 3.36. The number of nitrogens with one attached hydrogen (secondary N) is 1. The fourth-order valence-corrected chi connectivity index (χ4v) is 2.15. The van der Waals surface area contributed by atoms with Gasteiger partial charge in [0, 0.05) is 17.3 Å². The fourth-order valence-electron chi connectivity index (χ4n) is 1.50. The number of anilines is 2. The molecule has 1 rings (SSSR count). The van der Waals surface area contributed by atoms with Crippen LogP contribution in [0.3, 0.4) is 0 Å². The minimum Gasteiger partial charge on any atom is -0.397 e. The van der Waals surface area contributed by atoms with Gasteiger partial charge in [0.15, 0.2) is 0 Å². The number of halogens is 1. The van der Waals surface area contributed by atoms with Crippen LogP contribution in [-0.2, 0) is 4.79 Å². The number of carbonyl (C=O) groups excluding carboxylic acids is 1. The van der Waals surface area contributed by atoms with Gasteiger partial charge < -0.3 is 11.1 Å². The van der Waals surface area contributed by atoms with Gasteiger partial charge in [-0.05, 0) is 38.4 Å². The summed E-state index contributed by atoms with van der Waals surface area (Å²) in [5.41, 5.74) is 6.87. The lowest BCUT2D eigenvalue weighted by molar-refractivity contribution is -0.120. The number of hydrogen-bond donors (Lipinski definition) is 2. The summed E-state index contributed by atoms with van der Waals surface area (Å²) in [5.74, 6) is 0.908. The van der Waals surface area contributed by atoms with E-state index in [4.69, 9.17) is 17.3 Å². The Morgan fingerprint density at radius 3 is 2.89 bits per heavy atom. The third-order valence-corrected chi connectivity index (χ3v) is 3.79. The normalized spacial score (nSPS) is 12.5. The smallest absolute Gasteiger partial charge is 0.241 e. The second kappa shape index (κ2) is 7.62. The number of nitrogens with two attached hydrogens (primary N) is 1. The predicted molar refractivity (Wildman–Crippen MR) is 85.0 cm³/mol. The summed E-state index contributed by atoms with van der Waals surface area (Å²) in [4.78, 5) is 14.1. The predicted octanol–water partition coefficient (Wildman–Crippen LogP) is 2.54. The van der Waals surface area contributed by atoms with Crippen LogP contribution < -0.4 is 11.1 Å². The minimum atomic E-state index is -0.217. The molecule has 0 aliphatic heterocycles. The molecule has 3 N–H and O–H groups in total. The quantitative estimate of drug-likeness (QED) is 0.793. The number of rotatable bonds is 6. The van der Waals surface area contributed by atoms with E-state index in [9.17, 15) is 4.79 Å². The number of hydrogen-bond acceptors (Lipinski definition) is 4. The molecule has 0 fully saturated rings. The van der Waals surface area contributed by atoms with Crippen molar-refractivity contribution in [2.75, 3.05) is 36.7 Å². The van der Waals surface area contributed by atoms with Crippen LogP contribution >= 0.6 is 23.4 Å². The zero-order valence-corrected chi connectivity index (χ0v) is 13.0. The van der Waals surface area contributed by atoms with Crippen molar-refractivity contribution in [3.63, 3.8) is 0 Å². The van der Waals surface area contributed by atoms with Crippen molar-refractivity contribution in [2.45, 2.75) is 13.0 Å². The summed E-state index contributed by atoms with van der Waals surface area (Å²) in [6.07, 6.45) is 2.05. The topological polar surface area (TPSA) is 58.4 Å². The Bertz CT molecular complexity index is 442. The van der Waals surface area contributed by atoms with Gasteiger partial charge in [0.1, 0.15) is 0 Å². The van der Waals surface area contributed by atoms with Gasteiger partial charge in [0.25, 0.3) is 0 Å². The van der Waals surface area contributed by atoms with E-state index >= 15 is 0 Å². The Morgan fingerprint density at radius 2 is 2.26 bits per heavy atom. The molecule has 0 aliphatic rings. The molecular formula is C13H20ClN3OS. The van der Waals surface area contributed by atoms with Crippen LogP contribution in [0.5, 0.6) is 0 Å². The average Bonchev–Trinajstić information content (AvgIpc) is 2.39. The number of nitrogen functional groups attached to an aromatic ring is 1. The van der Waals surface area contributed by atoms with Crippen molar-refractivity contribution in [2.24, 2.45) is 0 Å². The number of amides is 1. The number of nitrogens with zero attached hydrogens (tertiary/aromatic N) is 1. The van der Waals surface area contributed by atoms with Gasteiger partial charge >= 0.3 is 0 Å². The molecule has 0 bridgehead atoms. The zero-order chi connectivity index (χ0) is 14.4. The molecule has 0 radical (unpaired) electrons. The van der Waals surface area contributed by atoms with E-state index < -0.39 is 0 Å². The van der Waals surface area contributed by atoms with Crippen LogP contribution in [0.4, 0.5) is 11.4 Å². The van der Waals surface area contributed by atoms with Gasteiger partial charge in [-0.25, -0.2) is 0 Å². The first-order valence-electron chi connectivity index (χ1n) is 6.00. The van der Waals surface area contributed by atoms with Crippen LogP contribution in [-0.4, -0.2) is 42.4 Å². The van der Waals surface area contributed by atoms with Crippen LogP contribution in [0.25, 0.3) is 0 Å². The maximum atomic E-state index is 12.1. The van der Waals surface area contributed by atoms with Gasteiger partial charge in [-0.2, -0.15) is 11.8 Å². The van der Waals surface area contributed by atoms with Crippen molar-refractivity contribution < 1.29 is 4.79 Å². The third-order valence-electron chi connectivity index (χ3n) is 2.96. The van der Waals surface area contributed by atoms with Gasteiger partial charge in [0.2, 0.25) is 5.91 Å². The summed E-state index contributed by atoms with van der Waals surface area (Å²) >= 11 is 7.65. The zero-order valence-electron chi connectivity index (χ0n) is 11.4. The first-order valence-corrected chi connectivity index (χ1v) is 7.78. The molecule has 6 heteroatoms. The van der Waals surface area contributed by atoms with Crippen molar-refractivity contribution >= 4 is 40.6 Å². The van der Waals surface area contributed by atoms with Crippen molar-refractivity contribution in [1.82, 2.24) is 4.90 Å². The first-order chi connectivity index (χ1) is 8.95. The van der Waals surface area contributed by atoms with E-state index in [2.05, 4.69) is 5.32 Å². The highest BCUT2D eigenvalue weighted by molar-refractivity contribution is 7.98. The molecule has 0 aliphatic carbocycles. The van der Waals surface area contributed by atoms with Gasteiger partial charge in [-0.15, -0.1) is 0 Å². The SMILES string of the molecule is CSCCN(C)C(C)C(=O)Nc1cc(Cl)ccc1N. The first kappa shape index (κ1) is 16.1. The molecule has 106 valence electrons. The van der Waals surface area contributed by atoms with Gasteiger partial charge in [-0.1, -0.05) is 11.6 Å². The maximum absolute atomic E-state index is 12.1. The molecule has 1 unspecified atom stereocenters. The highest BCUT2D eigenvalue weighted by atomic mass is 35.5. The second-order valence-corrected chi connectivity index (χ2v) is 5.79. The Kier molecular flexibility index (Phi) is 6.48. The highest BCUT2D eigenvalue weighted by Gasteiger charge is 2.18. The highest BCUT2D eigenvalue weighted by Crippen LogP contribution is 2.23.